The quantitative estimate of drug-likeness (QED) is 0.871. The van der Waals surface area contributed by atoms with Gasteiger partial charge in [-0.25, -0.2) is 9.59 Å². The van der Waals surface area contributed by atoms with Gasteiger partial charge in [0.15, 0.2) is 0 Å². The Labute approximate surface area is 111 Å². The molecule has 0 aromatic heterocycles. The van der Waals surface area contributed by atoms with E-state index in [9.17, 15) is 14.7 Å². The first kappa shape index (κ1) is 13.4. The van der Waals surface area contributed by atoms with Gasteiger partial charge in [-0.15, -0.1) is 0 Å². The minimum Gasteiger partial charge on any atom is -0.479 e. The summed E-state index contributed by atoms with van der Waals surface area (Å²) in [5, 5.41) is 11.7. The third kappa shape index (κ3) is 2.41. The highest BCUT2D eigenvalue weighted by molar-refractivity contribution is 5.88. The van der Waals surface area contributed by atoms with Crippen LogP contribution >= 0.6 is 0 Å². The minimum atomic E-state index is -1.17. The highest BCUT2D eigenvalue weighted by Crippen LogP contribution is 2.50. The lowest BCUT2D eigenvalue weighted by Gasteiger charge is -2.14. The molecular weight excluding hydrogens is 246 g/mol. The Morgan fingerprint density at radius 1 is 1.26 bits per heavy atom. The molecule has 102 valence electrons. The second kappa shape index (κ2) is 4.91. The maximum Gasteiger partial charge on any atom is 0.408 e. The number of amides is 1. The van der Waals surface area contributed by atoms with Gasteiger partial charge in [0.25, 0.3) is 0 Å². The number of hydrogen-bond acceptors (Lipinski definition) is 3. The molecule has 1 aromatic rings. The van der Waals surface area contributed by atoms with Gasteiger partial charge in [0, 0.05) is 0 Å². The summed E-state index contributed by atoms with van der Waals surface area (Å²) < 4.78 is 5.04. The molecule has 0 saturated heterocycles. The molecule has 5 heteroatoms. The lowest BCUT2D eigenvalue weighted by molar-refractivity contribution is -0.141. The number of hydrogen-bond donors (Lipinski definition) is 2. The van der Waals surface area contributed by atoms with Crippen molar-refractivity contribution in [3.63, 3.8) is 0 Å². The van der Waals surface area contributed by atoms with Gasteiger partial charge in [-0.2, -0.15) is 0 Å². The number of benzene rings is 1. The van der Waals surface area contributed by atoms with Crippen LogP contribution in [0.15, 0.2) is 30.3 Å². The van der Waals surface area contributed by atoms with E-state index in [1.165, 1.54) is 0 Å². The maximum absolute atomic E-state index is 11.7. The van der Waals surface area contributed by atoms with E-state index in [4.69, 9.17) is 4.74 Å². The van der Waals surface area contributed by atoms with Crippen LogP contribution in [0.5, 0.6) is 0 Å². The second-order valence-electron chi connectivity index (χ2n) is 4.94. The summed E-state index contributed by atoms with van der Waals surface area (Å²) in [5.41, 5.74) is -0.313. The Morgan fingerprint density at radius 3 is 2.32 bits per heavy atom. The molecule has 0 bridgehead atoms. The molecule has 3 atom stereocenters. The van der Waals surface area contributed by atoms with Crippen LogP contribution in [0.4, 0.5) is 4.79 Å². The van der Waals surface area contributed by atoms with Crippen LogP contribution in [-0.2, 0) is 16.1 Å². The number of rotatable bonds is 4. The van der Waals surface area contributed by atoms with E-state index in [1.807, 2.05) is 30.3 Å². The van der Waals surface area contributed by atoms with Crippen LogP contribution in [0.25, 0.3) is 0 Å². The topological polar surface area (TPSA) is 75.6 Å². The van der Waals surface area contributed by atoms with Crippen LogP contribution in [-0.4, -0.2) is 22.7 Å². The zero-order chi connectivity index (χ0) is 14.0. The van der Waals surface area contributed by atoms with Crippen molar-refractivity contribution in [2.45, 2.75) is 26.0 Å². The highest BCUT2D eigenvalue weighted by Gasteiger charge is 2.66. The highest BCUT2D eigenvalue weighted by atomic mass is 16.5. The van der Waals surface area contributed by atoms with Crippen LogP contribution < -0.4 is 5.32 Å². The largest absolute Gasteiger partial charge is 0.479 e. The lowest BCUT2D eigenvalue weighted by Crippen LogP contribution is -2.46. The summed E-state index contributed by atoms with van der Waals surface area (Å²) in [6, 6.07) is 9.24. The van der Waals surface area contributed by atoms with E-state index < -0.39 is 17.6 Å². The summed E-state index contributed by atoms with van der Waals surface area (Å²) in [7, 11) is 0. The molecule has 1 saturated carbocycles. The van der Waals surface area contributed by atoms with Crippen LogP contribution in [0.3, 0.4) is 0 Å². The van der Waals surface area contributed by atoms with Crippen molar-refractivity contribution in [3.05, 3.63) is 35.9 Å². The summed E-state index contributed by atoms with van der Waals surface area (Å²) in [5.74, 6) is -1.19. The van der Waals surface area contributed by atoms with Crippen molar-refractivity contribution in [1.82, 2.24) is 5.32 Å². The monoisotopic (exact) mass is 263 g/mol. The van der Waals surface area contributed by atoms with Crippen LogP contribution in [0.1, 0.15) is 19.4 Å². The first-order valence-corrected chi connectivity index (χ1v) is 6.20. The molecule has 1 fully saturated rings. The fraction of sp³-hybridized carbons (Fsp3) is 0.429. The van der Waals surface area contributed by atoms with Gasteiger partial charge in [0.1, 0.15) is 12.1 Å². The summed E-state index contributed by atoms with van der Waals surface area (Å²) in [6.45, 7) is 3.73. The number of ether oxygens (including phenoxy) is 1. The molecule has 19 heavy (non-hydrogen) atoms. The molecular formula is C14H17NO4. The van der Waals surface area contributed by atoms with Crippen LogP contribution in [0, 0.1) is 11.8 Å². The van der Waals surface area contributed by atoms with Crippen molar-refractivity contribution < 1.29 is 19.4 Å². The Morgan fingerprint density at radius 2 is 1.84 bits per heavy atom. The number of carboxylic acid groups (broad SMARTS) is 1. The first-order valence-electron chi connectivity index (χ1n) is 6.20. The van der Waals surface area contributed by atoms with Crippen LogP contribution in [0.2, 0.25) is 0 Å². The van der Waals surface area contributed by atoms with E-state index in [0.717, 1.165) is 5.56 Å². The van der Waals surface area contributed by atoms with E-state index in [1.54, 1.807) is 13.8 Å². The molecule has 2 N–H and O–H groups in total. The molecule has 0 heterocycles. The zero-order valence-corrected chi connectivity index (χ0v) is 10.9. The number of carbonyl (C=O) groups is 2. The molecule has 1 aromatic carbocycles. The predicted octanol–water partition coefficient (Wildman–Crippen LogP) is 2.02. The normalized spacial score (nSPS) is 28.5. The molecule has 0 spiro atoms. The van der Waals surface area contributed by atoms with E-state index in [2.05, 4.69) is 5.32 Å². The van der Waals surface area contributed by atoms with Gasteiger partial charge in [-0.1, -0.05) is 44.2 Å². The number of aliphatic carboxylic acids is 1. The minimum absolute atomic E-state index is 0.0886. The Hall–Kier alpha value is -2.04. The lowest BCUT2D eigenvalue weighted by atomic mass is 10.2. The third-order valence-corrected chi connectivity index (χ3v) is 3.95. The van der Waals surface area contributed by atoms with Crippen molar-refractivity contribution in [2.24, 2.45) is 11.8 Å². The molecule has 1 aliphatic carbocycles. The fourth-order valence-electron chi connectivity index (χ4n) is 2.37. The molecule has 2 rings (SSSR count). The molecule has 0 radical (unpaired) electrons. The van der Waals surface area contributed by atoms with Crippen molar-refractivity contribution in [3.8, 4) is 0 Å². The molecule has 5 nitrogen and oxygen atoms in total. The first-order chi connectivity index (χ1) is 8.98. The summed E-state index contributed by atoms with van der Waals surface area (Å²) in [6.07, 6.45) is -0.692. The molecule has 1 aliphatic rings. The summed E-state index contributed by atoms with van der Waals surface area (Å²) >= 11 is 0. The standard InChI is InChI=1S/C14H17NO4/c1-9-10(2)14(9,12(16)17)15-13(18)19-8-11-6-4-3-5-7-11/h3-7,9-10H,8H2,1-2H3,(H,15,18)(H,16,17)/t9-,10?,14?/m1/s1. The van der Waals surface area contributed by atoms with Crippen molar-refractivity contribution in [2.75, 3.05) is 0 Å². The Kier molecular flexibility index (Phi) is 3.46. The van der Waals surface area contributed by atoms with Crippen molar-refractivity contribution >= 4 is 12.1 Å². The van der Waals surface area contributed by atoms with Gasteiger partial charge >= 0.3 is 12.1 Å². The van der Waals surface area contributed by atoms with Gasteiger partial charge in [-0.3, -0.25) is 0 Å². The van der Waals surface area contributed by atoms with Gasteiger partial charge in [-0.05, 0) is 17.4 Å². The van der Waals surface area contributed by atoms with E-state index in [0.29, 0.717) is 0 Å². The summed E-state index contributed by atoms with van der Waals surface area (Å²) in [4.78, 5) is 22.9. The van der Waals surface area contributed by atoms with E-state index in [-0.39, 0.29) is 18.4 Å². The number of carboxylic acids is 1. The van der Waals surface area contributed by atoms with E-state index >= 15 is 0 Å². The Bertz CT molecular complexity index is 477. The fourth-order valence-corrected chi connectivity index (χ4v) is 2.37. The number of carbonyl (C=O) groups excluding carboxylic acids is 1. The number of alkyl carbamates (subject to hydrolysis) is 1. The molecule has 2 unspecified atom stereocenters. The molecule has 0 aliphatic heterocycles. The van der Waals surface area contributed by atoms with Gasteiger partial charge in [0.2, 0.25) is 0 Å². The average Bonchev–Trinajstić information content (AvgIpc) is 2.92. The zero-order valence-electron chi connectivity index (χ0n) is 10.9. The SMILES string of the molecule is CC1[C@@H](C)C1(NC(=O)OCc1ccccc1)C(=O)O. The molecule has 1 amide bonds. The van der Waals surface area contributed by atoms with Gasteiger partial charge < -0.3 is 15.2 Å². The predicted molar refractivity (Wildman–Crippen MR) is 68.5 cm³/mol. The van der Waals surface area contributed by atoms with Crippen molar-refractivity contribution in [1.29, 1.82) is 0 Å². The van der Waals surface area contributed by atoms with Gasteiger partial charge in [0.05, 0.1) is 0 Å². The smallest absolute Gasteiger partial charge is 0.408 e. The average molecular weight is 263 g/mol. The number of nitrogens with one attached hydrogen (secondary N) is 1. The maximum atomic E-state index is 11.7. The second-order valence-corrected chi connectivity index (χ2v) is 4.94. The third-order valence-electron chi connectivity index (χ3n) is 3.95. The Balaban J connectivity index is 1.90.